The Labute approximate surface area is 137 Å². The van der Waals surface area contributed by atoms with Crippen molar-refractivity contribution in [3.8, 4) is 0 Å². The molecule has 0 unspecified atom stereocenters. The van der Waals surface area contributed by atoms with Crippen LogP contribution in [0.3, 0.4) is 0 Å². The van der Waals surface area contributed by atoms with Crippen LogP contribution in [0.4, 0.5) is 16.2 Å². The fourth-order valence-corrected chi connectivity index (χ4v) is 2.60. The number of carbonyl (C=O) groups excluding carboxylic acids is 2. The number of rotatable bonds is 2. The van der Waals surface area contributed by atoms with Crippen LogP contribution in [0.25, 0.3) is 0 Å². The van der Waals surface area contributed by atoms with Crippen molar-refractivity contribution in [1.29, 1.82) is 0 Å². The molecule has 0 aliphatic carbocycles. The van der Waals surface area contributed by atoms with E-state index in [1.807, 2.05) is 33.8 Å². The highest BCUT2D eigenvalue weighted by Crippen LogP contribution is 2.27. The largest absolute Gasteiger partial charge is 0.444 e. The molecule has 0 aromatic heterocycles. The molecule has 1 saturated heterocycles. The first-order valence-corrected chi connectivity index (χ1v) is 7.79. The van der Waals surface area contributed by atoms with E-state index in [1.165, 1.54) is 0 Å². The monoisotopic (exact) mass is 319 g/mol. The summed E-state index contributed by atoms with van der Waals surface area (Å²) in [4.78, 5) is 27.0. The van der Waals surface area contributed by atoms with Crippen molar-refractivity contribution in [2.45, 2.75) is 33.3 Å². The molecule has 1 aromatic rings. The third-order valence-electron chi connectivity index (χ3n) is 3.85. The normalized spacial score (nSPS) is 15.5. The molecular formula is C17H25N3O3. The molecule has 0 spiro atoms. The highest BCUT2D eigenvalue weighted by atomic mass is 16.6. The Morgan fingerprint density at radius 3 is 2.35 bits per heavy atom. The molecule has 1 aromatic carbocycles. The number of carbonyl (C=O) groups is 2. The summed E-state index contributed by atoms with van der Waals surface area (Å²) >= 11 is 0. The second kappa shape index (κ2) is 6.48. The lowest BCUT2D eigenvalue weighted by Gasteiger charge is -2.37. The van der Waals surface area contributed by atoms with Crippen molar-refractivity contribution in [3.63, 3.8) is 0 Å². The van der Waals surface area contributed by atoms with E-state index in [1.54, 1.807) is 11.0 Å². The van der Waals surface area contributed by atoms with Gasteiger partial charge in [-0.15, -0.1) is 0 Å². The zero-order valence-electron chi connectivity index (χ0n) is 14.3. The second-order valence-corrected chi connectivity index (χ2v) is 6.83. The molecule has 1 amide bonds. The summed E-state index contributed by atoms with van der Waals surface area (Å²) in [6, 6.07) is 3.53. The topological polar surface area (TPSA) is 75.9 Å². The van der Waals surface area contributed by atoms with Crippen molar-refractivity contribution >= 4 is 23.8 Å². The van der Waals surface area contributed by atoms with Crippen molar-refractivity contribution in [2.24, 2.45) is 0 Å². The van der Waals surface area contributed by atoms with Crippen LogP contribution in [-0.4, -0.2) is 49.1 Å². The molecule has 0 saturated carbocycles. The van der Waals surface area contributed by atoms with Crippen LogP contribution in [0.2, 0.25) is 0 Å². The van der Waals surface area contributed by atoms with Gasteiger partial charge in [0.25, 0.3) is 0 Å². The number of nitrogen functional groups attached to an aromatic ring is 1. The summed E-state index contributed by atoms with van der Waals surface area (Å²) < 4.78 is 5.40. The second-order valence-electron chi connectivity index (χ2n) is 6.83. The molecule has 2 N–H and O–H groups in total. The fourth-order valence-electron chi connectivity index (χ4n) is 2.60. The lowest BCUT2D eigenvalue weighted by molar-refractivity contribution is 0.0240. The first-order valence-electron chi connectivity index (χ1n) is 7.79. The Balaban J connectivity index is 2.06. The summed E-state index contributed by atoms with van der Waals surface area (Å²) in [6.07, 6.45) is 0.519. The smallest absolute Gasteiger partial charge is 0.410 e. The molecule has 1 aliphatic heterocycles. The lowest BCUT2D eigenvalue weighted by Crippen LogP contribution is -2.50. The quantitative estimate of drug-likeness (QED) is 0.669. The fraction of sp³-hybridized carbons (Fsp3) is 0.529. The van der Waals surface area contributed by atoms with Gasteiger partial charge >= 0.3 is 6.09 Å². The number of hydrogen-bond donors (Lipinski definition) is 1. The molecule has 126 valence electrons. The Kier molecular flexibility index (Phi) is 4.82. The molecule has 0 bridgehead atoms. The van der Waals surface area contributed by atoms with E-state index in [4.69, 9.17) is 10.5 Å². The van der Waals surface area contributed by atoms with Crippen LogP contribution >= 0.6 is 0 Å². The first-order chi connectivity index (χ1) is 10.7. The number of ether oxygens (including phenoxy) is 1. The summed E-state index contributed by atoms with van der Waals surface area (Å²) in [5, 5.41) is 0. The third-order valence-corrected chi connectivity index (χ3v) is 3.85. The third kappa shape index (κ3) is 4.15. The van der Waals surface area contributed by atoms with Crippen molar-refractivity contribution in [2.75, 3.05) is 36.8 Å². The number of amides is 1. The van der Waals surface area contributed by atoms with Gasteiger partial charge in [-0.2, -0.15) is 0 Å². The number of hydrogen-bond acceptors (Lipinski definition) is 5. The highest BCUT2D eigenvalue weighted by Gasteiger charge is 2.26. The maximum absolute atomic E-state index is 12.1. The number of benzene rings is 1. The maximum atomic E-state index is 12.1. The number of aldehydes is 1. The molecule has 1 fully saturated rings. The average Bonchev–Trinajstić information content (AvgIpc) is 2.48. The van der Waals surface area contributed by atoms with Crippen LogP contribution in [0.5, 0.6) is 0 Å². The van der Waals surface area contributed by atoms with E-state index in [0.29, 0.717) is 37.4 Å². The van der Waals surface area contributed by atoms with Gasteiger partial charge in [-0.25, -0.2) is 4.79 Å². The van der Waals surface area contributed by atoms with Crippen molar-refractivity contribution < 1.29 is 14.3 Å². The Hall–Kier alpha value is -2.24. The molecule has 2 rings (SSSR count). The zero-order chi connectivity index (χ0) is 17.2. The molecule has 6 heteroatoms. The van der Waals surface area contributed by atoms with E-state index in [-0.39, 0.29) is 6.09 Å². The molecule has 23 heavy (non-hydrogen) atoms. The van der Waals surface area contributed by atoms with Crippen LogP contribution in [0.15, 0.2) is 12.1 Å². The summed E-state index contributed by atoms with van der Waals surface area (Å²) in [5.41, 5.74) is 8.58. The van der Waals surface area contributed by atoms with Gasteiger partial charge in [0.1, 0.15) is 11.9 Å². The highest BCUT2D eigenvalue weighted by molar-refractivity contribution is 5.82. The minimum Gasteiger partial charge on any atom is -0.444 e. The predicted octanol–water partition coefficient (Wildman–Crippen LogP) is 2.45. The number of piperazine rings is 1. The van der Waals surface area contributed by atoms with Crippen molar-refractivity contribution in [1.82, 2.24) is 4.90 Å². The van der Waals surface area contributed by atoms with Gasteiger partial charge in [0, 0.05) is 43.1 Å². The molecule has 0 atom stereocenters. The van der Waals surface area contributed by atoms with Gasteiger partial charge in [0.2, 0.25) is 0 Å². The SMILES string of the molecule is Cc1c(N)cc(C=O)cc1N1CCN(C(=O)OC(C)(C)C)CC1. The van der Waals surface area contributed by atoms with Crippen LogP contribution in [-0.2, 0) is 4.74 Å². The predicted molar refractivity (Wildman–Crippen MR) is 91.0 cm³/mol. The molecule has 1 aliphatic rings. The number of nitrogens with zero attached hydrogens (tertiary/aromatic N) is 2. The van der Waals surface area contributed by atoms with Gasteiger partial charge in [0.15, 0.2) is 0 Å². The van der Waals surface area contributed by atoms with Gasteiger partial charge in [-0.05, 0) is 45.4 Å². The standard InChI is InChI=1S/C17H25N3O3/c1-12-14(18)9-13(11-21)10-15(12)19-5-7-20(8-6-19)16(22)23-17(2,3)4/h9-11H,5-8,18H2,1-4H3. The van der Waals surface area contributed by atoms with Crippen LogP contribution in [0, 0.1) is 6.92 Å². The van der Waals surface area contributed by atoms with E-state index in [2.05, 4.69) is 4.90 Å². The van der Waals surface area contributed by atoms with E-state index in [9.17, 15) is 9.59 Å². The van der Waals surface area contributed by atoms with Gasteiger partial charge in [-0.3, -0.25) is 4.79 Å². The van der Waals surface area contributed by atoms with Gasteiger partial charge in [-0.1, -0.05) is 0 Å². The van der Waals surface area contributed by atoms with E-state index in [0.717, 1.165) is 17.5 Å². The summed E-state index contributed by atoms with van der Waals surface area (Å²) in [7, 11) is 0. The first kappa shape index (κ1) is 17.1. The van der Waals surface area contributed by atoms with E-state index < -0.39 is 5.60 Å². The van der Waals surface area contributed by atoms with Crippen LogP contribution < -0.4 is 10.6 Å². The maximum Gasteiger partial charge on any atom is 0.410 e. The van der Waals surface area contributed by atoms with Crippen LogP contribution in [0.1, 0.15) is 36.7 Å². The molecule has 6 nitrogen and oxygen atoms in total. The minimum atomic E-state index is -0.489. The van der Waals surface area contributed by atoms with E-state index >= 15 is 0 Å². The number of anilines is 2. The Bertz CT molecular complexity index is 600. The van der Waals surface area contributed by atoms with Gasteiger partial charge in [0.05, 0.1) is 0 Å². The molecule has 1 heterocycles. The number of nitrogens with two attached hydrogens (primary N) is 1. The lowest BCUT2D eigenvalue weighted by atomic mass is 10.1. The zero-order valence-corrected chi connectivity index (χ0v) is 14.3. The van der Waals surface area contributed by atoms with Gasteiger partial charge < -0.3 is 20.3 Å². The van der Waals surface area contributed by atoms with Crippen molar-refractivity contribution in [3.05, 3.63) is 23.3 Å². The minimum absolute atomic E-state index is 0.282. The molecular weight excluding hydrogens is 294 g/mol. The summed E-state index contributed by atoms with van der Waals surface area (Å²) in [5.74, 6) is 0. The Morgan fingerprint density at radius 2 is 1.83 bits per heavy atom. The summed E-state index contributed by atoms with van der Waals surface area (Å²) in [6.45, 7) is 10.1. The Morgan fingerprint density at radius 1 is 1.22 bits per heavy atom. The molecule has 0 radical (unpaired) electrons. The average molecular weight is 319 g/mol.